The predicted octanol–water partition coefficient (Wildman–Crippen LogP) is 3.42. The molecule has 0 bridgehead atoms. The topological polar surface area (TPSA) is 24.9 Å². The Morgan fingerprint density at radius 1 is 1.19 bits per heavy atom. The summed E-state index contributed by atoms with van der Waals surface area (Å²) in [5.41, 5.74) is 1.13. The lowest BCUT2D eigenvalue weighted by molar-refractivity contribution is 0.831. The first kappa shape index (κ1) is 9.91. The highest BCUT2D eigenvalue weighted by atomic mass is 35.5. The number of halogens is 1. The average Bonchev–Trinajstić information content (AvgIpc) is 3.09. The summed E-state index contributed by atoms with van der Waals surface area (Å²) in [5.74, 6) is 1.58. The molecule has 1 N–H and O–H groups in total. The molecule has 1 aliphatic carbocycles. The second kappa shape index (κ2) is 3.63. The van der Waals surface area contributed by atoms with Crippen molar-refractivity contribution in [2.24, 2.45) is 0 Å². The van der Waals surface area contributed by atoms with Crippen LogP contribution in [-0.2, 0) is 0 Å². The molecule has 3 rings (SSSR count). The average molecular weight is 233 g/mol. The maximum Gasteiger partial charge on any atom is 0.127 e. The summed E-state index contributed by atoms with van der Waals surface area (Å²) in [6.07, 6.45) is 2.29. The van der Waals surface area contributed by atoms with Crippen molar-refractivity contribution in [3.63, 3.8) is 0 Å². The standard InChI is InChI=1S/C13H13ClN2/c14-9-13(7-8-13)16-12-6-5-10-3-1-2-4-11(10)15-12/h1-6H,7-9H2,(H,15,16). The maximum atomic E-state index is 5.93. The molecule has 1 aliphatic rings. The van der Waals surface area contributed by atoms with Gasteiger partial charge in [0, 0.05) is 11.3 Å². The van der Waals surface area contributed by atoms with Gasteiger partial charge in [0.2, 0.25) is 0 Å². The molecule has 0 atom stereocenters. The Morgan fingerprint density at radius 3 is 2.75 bits per heavy atom. The zero-order valence-electron chi connectivity index (χ0n) is 8.91. The first-order chi connectivity index (χ1) is 7.81. The van der Waals surface area contributed by atoms with Crippen molar-refractivity contribution < 1.29 is 0 Å². The van der Waals surface area contributed by atoms with E-state index in [9.17, 15) is 0 Å². The van der Waals surface area contributed by atoms with Gasteiger partial charge in [0.1, 0.15) is 5.82 Å². The fourth-order valence-electron chi connectivity index (χ4n) is 1.85. The number of fused-ring (bicyclic) bond motifs is 1. The van der Waals surface area contributed by atoms with Crippen molar-refractivity contribution in [3.8, 4) is 0 Å². The van der Waals surface area contributed by atoms with Gasteiger partial charge in [0.05, 0.1) is 11.1 Å². The van der Waals surface area contributed by atoms with Gasteiger partial charge in [0.25, 0.3) is 0 Å². The molecule has 16 heavy (non-hydrogen) atoms. The number of hydrogen-bond donors (Lipinski definition) is 1. The molecule has 2 nitrogen and oxygen atoms in total. The van der Waals surface area contributed by atoms with Gasteiger partial charge in [0.15, 0.2) is 0 Å². The first-order valence-electron chi connectivity index (χ1n) is 5.51. The number of anilines is 1. The van der Waals surface area contributed by atoms with Crippen LogP contribution in [0.4, 0.5) is 5.82 Å². The predicted molar refractivity (Wildman–Crippen MR) is 68.1 cm³/mol. The Bertz CT molecular complexity index is 520. The zero-order valence-corrected chi connectivity index (χ0v) is 9.67. The van der Waals surface area contributed by atoms with Crippen LogP contribution in [0.5, 0.6) is 0 Å². The SMILES string of the molecule is ClCC1(Nc2ccc3ccccc3n2)CC1. The molecule has 3 heteroatoms. The number of aromatic nitrogens is 1. The van der Waals surface area contributed by atoms with Crippen molar-refractivity contribution >= 4 is 28.3 Å². The van der Waals surface area contributed by atoms with Crippen LogP contribution >= 0.6 is 11.6 Å². The van der Waals surface area contributed by atoms with Crippen LogP contribution in [0, 0.1) is 0 Å². The van der Waals surface area contributed by atoms with E-state index in [2.05, 4.69) is 22.4 Å². The van der Waals surface area contributed by atoms with Gasteiger partial charge in [-0.25, -0.2) is 4.98 Å². The van der Waals surface area contributed by atoms with Crippen molar-refractivity contribution in [2.75, 3.05) is 11.2 Å². The number of pyridine rings is 1. The second-order valence-corrected chi connectivity index (χ2v) is 4.70. The summed E-state index contributed by atoms with van der Waals surface area (Å²) in [7, 11) is 0. The van der Waals surface area contributed by atoms with Crippen LogP contribution in [0.2, 0.25) is 0 Å². The number of benzene rings is 1. The van der Waals surface area contributed by atoms with Crippen LogP contribution in [0.15, 0.2) is 36.4 Å². The fraction of sp³-hybridized carbons (Fsp3) is 0.308. The number of nitrogens with one attached hydrogen (secondary N) is 1. The Labute approximate surface area is 99.6 Å². The van der Waals surface area contributed by atoms with Crippen molar-refractivity contribution in [2.45, 2.75) is 18.4 Å². The van der Waals surface area contributed by atoms with Gasteiger partial charge in [-0.15, -0.1) is 11.6 Å². The Morgan fingerprint density at radius 2 is 2.00 bits per heavy atom. The Hall–Kier alpha value is -1.28. The Balaban J connectivity index is 1.93. The highest BCUT2D eigenvalue weighted by molar-refractivity contribution is 6.19. The zero-order chi connectivity index (χ0) is 11.0. The van der Waals surface area contributed by atoms with Gasteiger partial charge in [-0.05, 0) is 31.0 Å². The van der Waals surface area contributed by atoms with Crippen molar-refractivity contribution in [3.05, 3.63) is 36.4 Å². The summed E-state index contributed by atoms with van der Waals surface area (Å²) in [6.45, 7) is 0. The minimum absolute atomic E-state index is 0.108. The van der Waals surface area contributed by atoms with Crippen LogP contribution in [-0.4, -0.2) is 16.4 Å². The second-order valence-electron chi connectivity index (χ2n) is 4.43. The molecule has 0 unspecified atom stereocenters. The molecule has 1 heterocycles. The lowest BCUT2D eigenvalue weighted by Crippen LogP contribution is -2.23. The molecule has 1 saturated carbocycles. The maximum absolute atomic E-state index is 5.93. The molecule has 0 saturated heterocycles. The summed E-state index contributed by atoms with van der Waals surface area (Å²) in [5, 5.41) is 4.60. The third kappa shape index (κ3) is 1.74. The molecule has 0 spiro atoms. The summed E-state index contributed by atoms with van der Waals surface area (Å²) >= 11 is 5.93. The van der Waals surface area contributed by atoms with E-state index in [1.54, 1.807) is 0 Å². The molecule has 1 fully saturated rings. The molecular weight excluding hydrogens is 220 g/mol. The highest BCUT2D eigenvalue weighted by Gasteiger charge is 2.42. The van der Waals surface area contributed by atoms with Crippen LogP contribution < -0.4 is 5.32 Å². The first-order valence-corrected chi connectivity index (χ1v) is 6.05. The molecular formula is C13H13ClN2. The third-order valence-corrected chi connectivity index (χ3v) is 3.61. The van der Waals surface area contributed by atoms with E-state index in [0.29, 0.717) is 5.88 Å². The van der Waals surface area contributed by atoms with E-state index in [0.717, 1.165) is 24.2 Å². The van der Waals surface area contributed by atoms with Gasteiger partial charge >= 0.3 is 0 Å². The van der Waals surface area contributed by atoms with Gasteiger partial charge in [-0.2, -0.15) is 0 Å². The van der Waals surface area contributed by atoms with Crippen LogP contribution in [0.3, 0.4) is 0 Å². The molecule has 82 valence electrons. The number of hydrogen-bond acceptors (Lipinski definition) is 2. The van der Waals surface area contributed by atoms with Gasteiger partial charge < -0.3 is 5.32 Å². The normalized spacial score (nSPS) is 17.3. The van der Waals surface area contributed by atoms with E-state index in [1.165, 1.54) is 5.39 Å². The molecule has 0 amide bonds. The van der Waals surface area contributed by atoms with Gasteiger partial charge in [-0.1, -0.05) is 18.2 Å². The van der Waals surface area contributed by atoms with E-state index < -0.39 is 0 Å². The molecule has 2 aromatic rings. The van der Waals surface area contributed by atoms with E-state index in [1.807, 2.05) is 24.3 Å². The van der Waals surface area contributed by atoms with Crippen molar-refractivity contribution in [1.29, 1.82) is 0 Å². The molecule has 0 radical (unpaired) electrons. The quantitative estimate of drug-likeness (QED) is 0.821. The number of alkyl halides is 1. The number of para-hydroxylation sites is 1. The van der Waals surface area contributed by atoms with Crippen LogP contribution in [0.1, 0.15) is 12.8 Å². The van der Waals surface area contributed by atoms with E-state index in [-0.39, 0.29) is 5.54 Å². The lowest BCUT2D eigenvalue weighted by Gasteiger charge is -2.14. The fourth-order valence-corrected chi connectivity index (χ4v) is 2.18. The smallest absolute Gasteiger partial charge is 0.127 e. The molecule has 0 aliphatic heterocycles. The number of rotatable bonds is 3. The molecule has 1 aromatic heterocycles. The lowest BCUT2D eigenvalue weighted by atomic mass is 10.2. The summed E-state index contributed by atoms with van der Waals surface area (Å²) < 4.78 is 0. The largest absolute Gasteiger partial charge is 0.363 e. The van der Waals surface area contributed by atoms with Crippen LogP contribution in [0.25, 0.3) is 10.9 Å². The summed E-state index contributed by atoms with van der Waals surface area (Å²) in [6, 6.07) is 12.2. The monoisotopic (exact) mass is 232 g/mol. The number of nitrogens with zero attached hydrogens (tertiary/aromatic N) is 1. The third-order valence-electron chi connectivity index (χ3n) is 3.10. The summed E-state index contributed by atoms with van der Waals surface area (Å²) in [4.78, 5) is 4.58. The van der Waals surface area contributed by atoms with E-state index >= 15 is 0 Å². The van der Waals surface area contributed by atoms with Crippen molar-refractivity contribution in [1.82, 2.24) is 4.98 Å². The van der Waals surface area contributed by atoms with Gasteiger partial charge in [-0.3, -0.25) is 0 Å². The highest BCUT2D eigenvalue weighted by Crippen LogP contribution is 2.39. The minimum Gasteiger partial charge on any atom is -0.363 e. The molecule has 1 aromatic carbocycles. The minimum atomic E-state index is 0.108. The van der Waals surface area contributed by atoms with E-state index in [4.69, 9.17) is 11.6 Å². The Kier molecular flexibility index (Phi) is 2.25.